The van der Waals surface area contributed by atoms with E-state index in [1.807, 2.05) is 30.4 Å². The monoisotopic (exact) mass is 322 g/mol. The first-order valence-corrected chi connectivity index (χ1v) is 9.71. The lowest BCUT2D eigenvalue weighted by Gasteiger charge is -2.29. The average Bonchev–Trinajstić information content (AvgIpc) is 2.47. The molecule has 1 aliphatic carbocycles. The number of benzene rings is 1. The van der Waals surface area contributed by atoms with Crippen LogP contribution in [0.25, 0.3) is 0 Å². The molecule has 114 valence electrons. The molecule has 21 heavy (non-hydrogen) atoms. The molecule has 0 saturated carbocycles. The van der Waals surface area contributed by atoms with Gasteiger partial charge in [0.2, 0.25) is 0 Å². The molecule has 1 fully saturated rings. The maximum atomic E-state index is 10.2. The molecule has 1 atom stereocenters. The van der Waals surface area contributed by atoms with Crippen molar-refractivity contribution in [3.63, 3.8) is 0 Å². The highest BCUT2D eigenvalue weighted by atomic mass is 32.2. The van der Waals surface area contributed by atoms with Crippen molar-refractivity contribution >= 4 is 23.5 Å². The minimum Gasteiger partial charge on any atom is -0.507 e. The molecule has 1 heterocycles. The van der Waals surface area contributed by atoms with Crippen LogP contribution >= 0.6 is 23.5 Å². The van der Waals surface area contributed by atoms with Crippen LogP contribution in [-0.2, 0) is 0 Å². The fourth-order valence-electron chi connectivity index (χ4n) is 3.22. The highest BCUT2D eigenvalue weighted by Gasteiger charge is 2.26. The molecule has 0 amide bonds. The highest BCUT2D eigenvalue weighted by molar-refractivity contribution is 8.17. The van der Waals surface area contributed by atoms with Crippen molar-refractivity contribution in [3.8, 4) is 11.5 Å². The van der Waals surface area contributed by atoms with E-state index in [2.05, 4.69) is 6.08 Å². The van der Waals surface area contributed by atoms with E-state index in [4.69, 9.17) is 0 Å². The first kappa shape index (κ1) is 15.2. The van der Waals surface area contributed by atoms with Crippen LogP contribution in [0.3, 0.4) is 0 Å². The number of phenolic OH excluding ortho intramolecular Hbond substituents is 2. The van der Waals surface area contributed by atoms with Crippen LogP contribution in [0.15, 0.2) is 23.8 Å². The van der Waals surface area contributed by atoms with Gasteiger partial charge in [-0.2, -0.15) is 0 Å². The molecule has 2 aliphatic rings. The standard InChI is InChI=1S/C17H22O2S2/c1-11-8-14(18)16(15(19)9-11)12-4-2-5-13(10-12)17-20-6-3-7-21-17/h8-10,12,17-19H,2-7H2,1H3. The molecule has 1 aliphatic heterocycles. The first-order chi connectivity index (χ1) is 10.1. The van der Waals surface area contributed by atoms with Crippen molar-refractivity contribution in [1.82, 2.24) is 0 Å². The predicted octanol–water partition coefficient (Wildman–Crippen LogP) is 4.80. The van der Waals surface area contributed by atoms with Crippen molar-refractivity contribution < 1.29 is 10.2 Å². The molecule has 1 unspecified atom stereocenters. The van der Waals surface area contributed by atoms with Crippen LogP contribution < -0.4 is 0 Å². The second-order valence-corrected chi connectivity index (χ2v) is 8.61. The summed E-state index contributed by atoms with van der Waals surface area (Å²) in [4.78, 5) is 0. The normalized spacial score (nSPS) is 23.9. The highest BCUT2D eigenvalue weighted by Crippen LogP contribution is 2.45. The lowest BCUT2D eigenvalue weighted by molar-refractivity contribution is 0.428. The van der Waals surface area contributed by atoms with Gasteiger partial charge in [-0.15, -0.1) is 23.5 Å². The Hall–Kier alpha value is -0.740. The van der Waals surface area contributed by atoms with Gasteiger partial charge in [0.25, 0.3) is 0 Å². The van der Waals surface area contributed by atoms with Crippen molar-refractivity contribution in [2.24, 2.45) is 0 Å². The number of rotatable bonds is 2. The summed E-state index contributed by atoms with van der Waals surface area (Å²) in [5.74, 6) is 3.12. The fourth-order valence-corrected chi connectivity index (χ4v) is 6.23. The molecule has 4 heteroatoms. The smallest absolute Gasteiger partial charge is 0.123 e. The van der Waals surface area contributed by atoms with Crippen molar-refractivity contribution in [1.29, 1.82) is 0 Å². The molecule has 1 saturated heterocycles. The van der Waals surface area contributed by atoms with Crippen LogP contribution in [0, 0.1) is 6.92 Å². The number of thioether (sulfide) groups is 2. The van der Waals surface area contributed by atoms with E-state index >= 15 is 0 Å². The van der Waals surface area contributed by atoms with Gasteiger partial charge >= 0.3 is 0 Å². The second kappa shape index (κ2) is 6.57. The van der Waals surface area contributed by atoms with Gasteiger partial charge in [0, 0.05) is 11.5 Å². The summed E-state index contributed by atoms with van der Waals surface area (Å²) in [6, 6.07) is 3.50. The molecule has 0 aromatic heterocycles. The van der Waals surface area contributed by atoms with E-state index in [-0.39, 0.29) is 17.4 Å². The molecule has 3 rings (SSSR count). The quantitative estimate of drug-likeness (QED) is 0.768. The van der Waals surface area contributed by atoms with Gasteiger partial charge in [-0.05, 0) is 61.8 Å². The maximum absolute atomic E-state index is 10.2. The minimum atomic E-state index is 0.150. The SMILES string of the molecule is Cc1cc(O)c(C2C=C(C3SCCCS3)CCC2)c(O)c1. The number of aromatic hydroxyl groups is 2. The Kier molecular flexibility index (Phi) is 4.75. The van der Waals surface area contributed by atoms with Crippen LogP contribution in [-0.4, -0.2) is 26.3 Å². The maximum Gasteiger partial charge on any atom is 0.123 e. The Balaban J connectivity index is 1.88. The van der Waals surface area contributed by atoms with Crippen molar-refractivity contribution in [3.05, 3.63) is 34.9 Å². The topological polar surface area (TPSA) is 40.5 Å². The zero-order chi connectivity index (χ0) is 14.8. The van der Waals surface area contributed by atoms with E-state index in [9.17, 15) is 10.2 Å². The molecule has 0 spiro atoms. The van der Waals surface area contributed by atoms with Gasteiger partial charge in [-0.25, -0.2) is 0 Å². The molecule has 1 aromatic carbocycles. The third-order valence-electron chi connectivity index (χ3n) is 4.18. The summed E-state index contributed by atoms with van der Waals surface area (Å²) in [7, 11) is 0. The van der Waals surface area contributed by atoms with E-state index in [0.717, 1.165) is 24.8 Å². The zero-order valence-corrected chi connectivity index (χ0v) is 14.0. The van der Waals surface area contributed by atoms with Gasteiger partial charge < -0.3 is 10.2 Å². The summed E-state index contributed by atoms with van der Waals surface area (Å²) in [5, 5.41) is 20.4. The third-order valence-corrected chi connectivity index (χ3v) is 7.25. The lowest BCUT2D eigenvalue weighted by atomic mass is 9.84. The Morgan fingerprint density at radius 1 is 1.05 bits per heavy atom. The number of hydrogen-bond donors (Lipinski definition) is 2. The van der Waals surface area contributed by atoms with Crippen LogP contribution in [0.2, 0.25) is 0 Å². The fraction of sp³-hybridized carbons (Fsp3) is 0.529. The Morgan fingerprint density at radius 2 is 1.71 bits per heavy atom. The van der Waals surface area contributed by atoms with E-state index in [1.165, 1.54) is 23.5 Å². The Morgan fingerprint density at radius 3 is 2.38 bits per heavy atom. The van der Waals surface area contributed by atoms with Gasteiger partial charge in [-0.3, -0.25) is 0 Å². The van der Waals surface area contributed by atoms with Gasteiger partial charge in [-0.1, -0.05) is 11.6 Å². The first-order valence-electron chi connectivity index (χ1n) is 7.61. The van der Waals surface area contributed by atoms with Crippen molar-refractivity contribution in [2.45, 2.75) is 43.1 Å². The molecule has 0 bridgehead atoms. The van der Waals surface area contributed by atoms with Gasteiger partial charge in [0.05, 0.1) is 4.58 Å². The van der Waals surface area contributed by atoms with Crippen LogP contribution in [0.4, 0.5) is 0 Å². The number of aryl methyl sites for hydroxylation is 1. The largest absolute Gasteiger partial charge is 0.507 e. The Labute approximate surface area is 135 Å². The predicted molar refractivity (Wildman–Crippen MR) is 92.5 cm³/mol. The number of allylic oxidation sites excluding steroid dienone is 1. The molecular formula is C17H22O2S2. The van der Waals surface area contributed by atoms with Crippen molar-refractivity contribution in [2.75, 3.05) is 11.5 Å². The Bertz CT molecular complexity index is 525. The van der Waals surface area contributed by atoms with E-state index in [1.54, 1.807) is 12.1 Å². The zero-order valence-electron chi connectivity index (χ0n) is 12.3. The second-order valence-electron chi connectivity index (χ2n) is 5.88. The summed E-state index contributed by atoms with van der Waals surface area (Å²) < 4.78 is 0.580. The summed E-state index contributed by atoms with van der Waals surface area (Å²) in [6.07, 6.45) is 6.93. The lowest BCUT2D eigenvalue weighted by Crippen LogP contribution is -2.14. The van der Waals surface area contributed by atoms with Crippen LogP contribution in [0.1, 0.15) is 42.7 Å². The minimum absolute atomic E-state index is 0.150. The molecule has 0 radical (unpaired) electrons. The van der Waals surface area contributed by atoms with Gasteiger partial charge in [0.15, 0.2) is 0 Å². The summed E-state index contributed by atoms with van der Waals surface area (Å²) in [6.45, 7) is 1.89. The number of hydrogen-bond acceptors (Lipinski definition) is 4. The molecule has 2 nitrogen and oxygen atoms in total. The third kappa shape index (κ3) is 3.37. The average molecular weight is 322 g/mol. The molecular weight excluding hydrogens is 300 g/mol. The van der Waals surface area contributed by atoms with E-state index < -0.39 is 0 Å². The number of phenols is 2. The van der Waals surface area contributed by atoms with Gasteiger partial charge in [0.1, 0.15) is 11.5 Å². The molecule has 1 aromatic rings. The summed E-state index contributed by atoms with van der Waals surface area (Å²) >= 11 is 4.09. The summed E-state index contributed by atoms with van der Waals surface area (Å²) in [5.41, 5.74) is 3.11. The van der Waals surface area contributed by atoms with Crippen LogP contribution in [0.5, 0.6) is 11.5 Å². The van der Waals surface area contributed by atoms with E-state index in [0.29, 0.717) is 10.1 Å². The molecule has 2 N–H and O–H groups in total.